The van der Waals surface area contributed by atoms with Gasteiger partial charge >= 0.3 is 5.69 Å². The molecule has 0 spiro atoms. The molecule has 7 heteroatoms. The van der Waals surface area contributed by atoms with E-state index in [0.717, 1.165) is 17.8 Å². The normalized spacial score (nSPS) is 17.1. The lowest BCUT2D eigenvalue weighted by Gasteiger charge is -2.12. The summed E-state index contributed by atoms with van der Waals surface area (Å²) < 4.78 is 1.51. The number of nitrogens with zero attached hydrogens (tertiary/aromatic N) is 3. The highest BCUT2D eigenvalue weighted by atomic mass is 16.6. The van der Waals surface area contributed by atoms with E-state index in [0.29, 0.717) is 24.7 Å². The summed E-state index contributed by atoms with van der Waals surface area (Å²) in [5.74, 6) is 0.248. The molecule has 0 aromatic carbocycles. The molecule has 126 valence electrons. The second-order valence-corrected chi connectivity index (χ2v) is 6.20. The number of hydrogen-bond acceptors (Lipinski definition) is 5. The van der Waals surface area contributed by atoms with Gasteiger partial charge in [0.05, 0.1) is 12.3 Å². The molecular formula is C16H24N4O3. The minimum atomic E-state index is -0.315. The van der Waals surface area contributed by atoms with E-state index >= 15 is 0 Å². The number of carbonyl (C=O) groups is 1. The first-order chi connectivity index (χ1) is 10.9. The Morgan fingerprint density at radius 3 is 2.83 bits per heavy atom. The maximum Gasteiger partial charge on any atom is 0.347 e. The Bertz CT molecular complexity index is 664. The Hall–Kier alpha value is -2.18. The number of oxime groups is 1. The van der Waals surface area contributed by atoms with Crippen molar-refractivity contribution in [1.82, 2.24) is 14.9 Å². The van der Waals surface area contributed by atoms with Crippen LogP contribution in [0.5, 0.6) is 0 Å². The van der Waals surface area contributed by atoms with Crippen LogP contribution in [0.1, 0.15) is 38.1 Å². The standard InChI is InChI=1S/C16H24N4O3/c1-10(2)14-8-13(23-19-14)9-17-15(21)5-6-20-12(4)7-11(3)18-16(20)22/h7,10,13H,5-6,8-9H2,1-4H3,(H,17,21)/t13-/m0/s1. The molecule has 0 unspecified atom stereocenters. The molecule has 1 N–H and O–H groups in total. The number of rotatable bonds is 6. The lowest BCUT2D eigenvalue weighted by atomic mass is 10.0. The number of amides is 1. The Kier molecular flexibility index (Phi) is 5.52. The summed E-state index contributed by atoms with van der Waals surface area (Å²) in [4.78, 5) is 32.9. The van der Waals surface area contributed by atoms with E-state index in [2.05, 4.69) is 29.3 Å². The van der Waals surface area contributed by atoms with Gasteiger partial charge in [0.2, 0.25) is 5.91 Å². The van der Waals surface area contributed by atoms with Crippen molar-refractivity contribution in [2.45, 2.75) is 53.2 Å². The second kappa shape index (κ2) is 7.39. The zero-order valence-electron chi connectivity index (χ0n) is 14.1. The van der Waals surface area contributed by atoms with E-state index < -0.39 is 0 Å². The fourth-order valence-corrected chi connectivity index (χ4v) is 2.48. The van der Waals surface area contributed by atoms with Crippen LogP contribution in [0.15, 0.2) is 16.0 Å². The maximum absolute atomic E-state index is 11.9. The summed E-state index contributed by atoms with van der Waals surface area (Å²) in [7, 11) is 0. The third-order valence-corrected chi connectivity index (χ3v) is 3.86. The van der Waals surface area contributed by atoms with Gasteiger partial charge < -0.3 is 10.2 Å². The van der Waals surface area contributed by atoms with E-state index in [4.69, 9.17) is 4.84 Å². The van der Waals surface area contributed by atoms with E-state index in [-0.39, 0.29) is 24.1 Å². The first kappa shape index (κ1) is 17.2. The number of aryl methyl sites for hydroxylation is 2. The zero-order chi connectivity index (χ0) is 17.0. The van der Waals surface area contributed by atoms with E-state index in [1.165, 1.54) is 4.57 Å². The van der Waals surface area contributed by atoms with Gasteiger partial charge in [-0.2, -0.15) is 4.98 Å². The number of hydrogen-bond donors (Lipinski definition) is 1. The topological polar surface area (TPSA) is 85.6 Å². The molecule has 1 aliphatic rings. The van der Waals surface area contributed by atoms with Gasteiger partial charge in [-0.15, -0.1) is 0 Å². The molecule has 2 rings (SSSR count). The third kappa shape index (κ3) is 4.64. The average molecular weight is 320 g/mol. The first-order valence-corrected chi connectivity index (χ1v) is 7.91. The van der Waals surface area contributed by atoms with Gasteiger partial charge in [-0.1, -0.05) is 19.0 Å². The molecule has 1 aromatic heterocycles. The van der Waals surface area contributed by atoms with Crippen molar-refractivity contribution < 1.29 is 9.63 Å². The third-order valence-electron chi connectivity index (χ3n) is 3.86. The summed E-state index contributed by atoms with van der Waals surface area (Å²) in [5.41, 5.74) is 2.21. The Balaban J connectivity index is 1.78. The summed E-state index contributed by atoms with van der Waals surface area (Å²) in [6.45, 7) is 8.50. The first-order valence-electron chi connectivity index (χ1n) is 7.91. The van der Waals surface area contributed by atoms with Crippen LogP contribution in [0.3, 0.4) is 0 Å². The van der Waals surface area contributed by atoms with Crippen molar-refractivity contribution in [3.05, 3.63) is 27.9 Å². The fraction of sp³-hybridized carbons (Fsp3) is 0.625. The maximum atomic E-state index is 11.9. The van der Waals surface area contributed by atoms with Crippen LogP contribution >= 0.6 is 0 Å². The molecule has 1 amide bonds. The molecule has 0 saturated heterocycles. The molecule has 1 atom stereocenters. The van der Waals surface area contributed by atoms with Gasteiger partial charge in [-0.3, -0.25) is 9.36 Å². The summed E-state index contributed by atoms with van der Waals surface area (Å²) >= 11 is 0. The van der Waals surface area contributed by atoms with Gasteiger partial charge in [0.25, 0.3) is 0 Å². The van der Waals surface area contributed by atoms with Crippen LogP contribution in [0.25, 0.3) is 0 Å². The molecule has 2 heterocycles. The Morgan fingerprint density at radius 1 is 1.48 bits per heavy atom. The minimum Gasteiger partial charge on any atom is -0.390 e. The summed E-state index contributed by atoms with van der Waals surface area (Å²) in [6, 6.07) is 1.83. The van der Waals surface area contributed by atoms with Crippen molar-refractivity contribution in [2.24, 2.45) is 11.1 Å². The highest BCUT2D eigenvalue weighted by molar-refractivity contribution is 5.87. The predicted octanol–water partition coefficient (Wildman–Crippen LogP) is 1.17. The quantitative estimate of drug-likeness (QED) is 0.852. The van der Waals surface area contributed by atoms with E-state index in [9.17, 15) is 9.59 Å². The molecule has 1 aromatic rings. The molecule has 0 fully saturated rings. The Labute approximate surface area is 135 Å². The predicted molar refractivity (Wildman–Crippen MR) is 87.4 cm³/mol. The molecule has 0 radical (unpaired) electrons. The van der Waals surface area contributed by atoms with Gasteiger partial charge in [-0.25, -0.2) is 4.79 Å². The largest absolute Gasteiger partial charge is 0.390 e. The number of aromatic nitrogens is 2. The van der Waals surface area contributed by atoms with E-state index in [1.54, 1.807) is 6.92 Å². The second-order valence-electron chi connectivity index (χ2n) is 6.20. The van der Waals surface area contributed by atoms with Gasteiger partial charge in [0, 0.05) is 30.8 Å². The van der Waals surface area contributed by atoms with Crippen LogP contribution < -0.4 is 11.0 Å². The summed E-state index contributed by atoms with van der Waals surface area (Å²) in [6.07, 6.45) is 0.885. The SMILES string of the molecule is Cc1cc(C)n(CCC(=O)NC[C@@H]2CC(C(C)C)=NO2)c(=O)n1. The highest BCUT2D eigenvalue weighted by Crippen LogP contribution is 2.15. The molecule has 0 bridgehead atoms. The van der Waals surface area contributed by atoms with Crippen LogP contribution in [0.4, 0.5) is 0 Å². The van der Waals surface area contributed by atoms with Gasteiger partial charge in [0.15, 0.2) is 0 Å². The minimum absolute atomic E-state index is 0.0955. The zero-order valence-corrected chi connectivity index (χ0v) is 14.1. The number of nitrogens with one attached hydrogen (secondary N) is 1. The summed E-state index contributed by atoms with van der Waals surface area (Å²) in [5, 5.41) is 6.86. The van der Waals surface area contributed by atoms with Crippen LogP contribution in [-0.4, -0.2) is 33.8 Å². The van der Waals surface area contributed by atoms with Crippen LogP contribution in [-0.2, 0) is 16.2 Å². The lowest BCUT2D eigenvalue weighted by Crippen LogP contribution is -2.34. The molecule has 0 saturated carbocycles. The van der Waals surface area contributed by atoms with Crippen molar-refractivity contribution in [1.29, 1.82) is 0 Å². The molecular weight excluding hydrogens is 296 g/mol. The highest BCUT2D eigenvalue weighted by Gasteiger charge is 2.23. The fourth-order valence-electron chi connectivity index (χ4n) is 2.48. The molecule has 7 nitrogen and oxygen atoms in total. The average Bonchev–Trinajstić information content (AvgIpc) is 2.93. The lowest BCUT2D eigenvalue weighted by molar-refractivity contribution is -0.121. The van der Waals surface area contributed by atoms with Crippen LogP contribution in [0, 0.1) is 19.8 Å². The van der Waals surface area contributed by atoms with Crippen LogP contribution in [0.2, 0.25) is 0 Å². The number of carbonyl (C=O) groups excluding carboxylic acids is 1. The van der Waals surface area contributed by atoms with Crippen molar-refractivity contribution in [2.75, 3.05) is 6.54 Å². The Morgan fingerprint density at radius 2 is 2.22 bits per heavy atom. The van der Waals surface area contributed by atoms with Gasteiger partial charge in [-0.05, 0) is 25.8 Å². The van der Waals surface area contributed by atoms with E-state index in [1.807, 2.05) is 13.0 Å². The molecule has 0 aliphatic carbocycles. The molecule has 23 heavy (non-hydrogen) atoms. The van der Waals surface area contributed by atoms with Crippen molar-refractivity contribution >= 4 is 11.6 Å². The van der Waals surface area contributed by atoms with Crippen molar-refractivity contribution in [3.8, 4) is 0 Å². The smallest absolute Gasteiger partial charge is 0.347 e. The van der Waals surface area contributed by atoms with Gasteiger partial charge in [0.1, 0.15) is 6.10 Å². The monoisotopic (exact) mass is 320 g/mol. The molecule has 1 aliphatic heterocycles. The van der Waals surface area contributed by atoms with Crippen molar-refractivity contribution in [3.63, 3.8) is 0 Å².